The Labute approximate surface area is 104 Å². The molecule has 1 amide bonds. The summed E-state index contributed by atoms with van der Waals surface area (Å²) in [7, 11) is 0. The molecule has 86 valence electrons. The Bertz CT molecular complexity index is 377. The number of likely N-dealkylation sites (tertiary alicyclic amines) is 1. The molecule has 0 radical (unpaired) electrons. The monoisotopic (exact) mass is 282 g/mol. The zero-order valence-electron chi connectivity index (χ0n) is 9.32. The number of hydrogen-bond donors (Lipinski definition) is 0. The Balaban J connectivity index is 2.05. The molecule has 1 fully saturated rings. The second-order valence-electron chi connectivity index (χ2n) is 4.18. The van der Waals surface area contributed by atoms with Crippen molar-refractivity contribution in [3.8, 4) is 0 Å². The minimum absolute atomic E-state index is 0.0588. The largest absolute Gasteiger partial charge is 0.337 e. The quantitative estimate of drug-likeness (QED) is 0.836. The molecule has 2 rings (SSSR count). The van der Waals surface area contributed by atoms with E-state index in [1.54, 1.807) is 12.3 Å². The molecule has 3 nitrogen and oxygen atoms in total. The summed E-state index contributed by atoms with van der Waals surface area (Å²) in [5.41, 5.74) is 0.542. The van der Waals surface area contributed by atoms with Crippen LogP contribution in [0.2, 0.25) is 0 Å². The van der Waals surface area contributed by atoms with Crippen LogP contribution in [0.5, 0.6) is 0 Å². The zero-order valence-corrected chi connectivity index (χ0v) is 10.9. The average Bonchev–Trinajstić information content (AvgIpc) is 2.77. The Morgan fingerprint density at radius 3 is 3.00 bits per heavy atom. The summed E-state index contributed by atoms with van der Waals surface area (Å²) >= 11 is 3.31. The van der Waals surface area contributed by atoms with Crippen molar-refractivity contribution in [1.82, 2.24) is 9.88 Å². The standard InChI is InChI=1S/C12H15BrN2O/c1-2-9-5-6-15(8-9)12(16)11-4-3-10(13)7-14-11/h3-4,7,9H,2,5-6,8H2,1H3. The van der Waals surface area contributed by atoms with Gasteiger partial charge in [0.2, 0.25) is 0 Å². The van der Waals surface area contributed by atoms with Crippen molar-refractivity contribution in [2.75, 3.05) is 13.1 Å². The molecule has 0 saturated carbocycles. The van der Waals surface area contributed by atoms with Gasteiger partial charge in [0.15, 0.2) is 0 Å². The molecule has 1 saturated heterocycles. The van der Waals surface area contributed by atoms with Crippen LogP contribution in [0.3, 0.4) is 0 Å². The van der Waals surface area contributed by atoms with Gasteiger partial charge in [-0.3, -0.25) is 4.79 Å². The molecule has 0 aromatic carbocycles. The molecule has 0 bridgehead atoms. The van der Waals surface area contributed by atoms with Crippen LogP contribution in [0.1, 0.15) is 30.3 Å². The normalized spacial score (nSPS) is 20.1. The topological polar surface area (TPSA) is 33.2 Å². The Hall–Kier alpha value is -0.900. The summed E-state index contributed by atoms with van der Waals surface area (Å²) < 4.78 is 0.900. The maximum atomic E-state index is 12.1. The fourth-order valence-corrected chi connectivity index (χ4v) is 2.25. The highest BCUT2D eigenvalue weighted by atomic mass is 79.9. The molecule has 16 heavy (non-hydrogen) atoms. The van der Waals surface area contributed by atoms with E-state index in [-0.39, 0.29) is 5.91 Å². The first kappa shape index (κ1) is 11.6. The molecule has 1 aliphatic rings. The third-order valence-corrected chi connectivity index (χ3v) is 3.57. The third-order valence-electron chi connectivity index (χ3n) is 3.10. The van der Waals surface area contributed by atoms with Gasteiger partial charge in [-0.2, -0.15) is 0 Å². The first-order valence-electron chi connectivity index (χ1n) is 5.61. The van der Waals surface area contributed by atoms with Gasteiger partial charge in [-0.15, -0.1) is 0 Å². The van der Waals surface area contributed by atoms with Crippen LogP contribution in [0, 0.1) is 5.92 Å². The zero-order chi connectivity index (χ0) is 11.5. The van der Waals surface area contributed by atoms with E-state index in [4.69, 9.17) is 0 Å². The lowest BCUT2D eigenvalue weighted by atomic mass is 10.1. The third kappa shape index (κ3) is 2.43. The molecule has 0 aliphatic carbocycles. The summed E-state index contributed by atoms with van der Waals surface area (Å²) in [4.78, 5) is 18.1. The number of pyridine rings is 1. The summed E-state index contributed by atoms with van der Waals surface area (Å²) in [6.45, 7) is 3.93. The van der Waals surface area contributed by atoms with Crippen LogP contribution < -0.4 is 0 Å². The van der Waals surface area contributed by atoms with E-state index in [1.165, 1.54) is 0 Å². The van der Waals surface area contributed by atoms with E-state index in [2.05, 4.69) is 27.8 Å². The van der Waals surface area contributed by atoms with Crippen LogP contribution in [-0.2, 0) is 0 Å². The van der Waals surface area contributed by atoms with Crippen LogP contribution in [0.25, 0.3) is 0 Å². The van der Waals surface area contributed by atoms with Gasteiger partial charge in [0.05, 0.1) is 0 Å². The van der Waals surface area contributed by atoms with E-state index in [1.807, 2.05) is 11.0 Å². The van der Waals surface area contributed by atoms with Gasteiger partial charge in [0.25, 0.3) is 5.91 Å². The number of hydrogen-bond acceptors (Lipinski definition) is 2. The highest BCUT2D eigenvalue weighted by Crippen LogP contribution is 2.20. The Morgan fingerprint density at radius 1 is 1.62 bits per heavy atom. The number of nitrogens with zero attached hydrogens (tertiary/aromatic N) is 2. The maximum absolute atomic E-state index is 12.1. The smallest absolute Gasteiger partial charge is 0.272 e. The molecular weight excluding hydrogens is 268 g/mol. The molecule has 4 heteroatoms. The highest BCUT2D eigenvalue weighted by Gasteiger charge is 2.26. The Kier molecular flexibility index (Phi) is 3.59. The van der Waals surface area contributed by atoms with Crippen molar-refractivity contribution in [2.24, 2.45) is 5.92 Å². The van der Waals surface area contributed by atoms with Crippen LogP contribution in [-0.4, -0.2) is 28.9 Å². The predicted octanol–water partition coefficient (Wildman–Crippen LogP) is 2.72. The van der Waals surface area contributed by atoms with E-state index >= 15 is 0 Å². The van der Waals surface area contributed by atoms with Gasteiger partial charge in [0, 0.05) is 23.8 Å². The van der Waals surface area contributed by atoms with Crippen molar-refractivity contribution in [2.45, 2.75) is 19.8 Å². The fraction of sp³-hybridized carbons (Fsp3) is 0.500. The number of carbonyl (C=O) groups is 1. The second-order valence-corrected chi connectivity index (χ2v) is 5.09. The van der Waals surface area contributed by atoms with Gasteiger partial charge < -0.3 is 4.90 Å². The lowest BCUT2D eigenvalue weighted by molar-refractivity contribution is 0.0781. The van der Waals surface area contributed by atoms with Gasteiger partial charge in [-0.1, -0.05) is 13.3 Å². The molecule has 1 atom stereocenters. The van der Waals surface area contributed by atoms with Gasteiger partial charge in [0.1, 0.15) is 5.69 Å². The highest BCUT2D eigenvalue weighted by molar-refractivity contribution is 9.10. The molecule has 0 spiro atoms. The molecular formula is C12H15BrN2O. The van der Waals surface area contributed by atoms with Crippen molar-refractivity contribution < 1.29 is 4.79 Å². The van der Waals surface area contributed by atoms with Crippen LogP contribution >= 0.6 is 15.9 Å². The maximum Gasteiger partial charge on any atom is 0.272 e. The number of aromatic nitrogens is 1. The van der Waals surface area contributed by atoms with Gasteiger partial charge in [-0.05, 0) is 40.4 Å². The van der Waals surface area contributed by atoms with Crippen molar-refractivity contribution >= 4 is 21.8 Å². The van der Waals surface area contributed by atoms with Gasteiger partial charge >= 0.3 is 0 Å². The Morgan fingerprint density at radius 2 is 2.44 bits per heavy atom. The summed E-state index contributed by atoms with van der Waals surface area (Å²) in [6, 6.07) is 3.62. The average molecular weight is 283 g/mol. The van der Waals surface area contributed by atoms with Crippen LogP contribution in [0.4, 0.5) is 0 Å². The first-order valence-corrected chi connectivity index (χ1v) is 6.41. The number of rotatable bonds is 2. The molecule has 1 aliphatic heterocycles. The van der Waals surface area contributed by atoms with Crippen LogP contribution in [0.15, 0.2) is 22.8 Å². The molecule has 1 aromatic heterocycles. The number of carbonyl (C=O) groups excluding carboxylic acids is 1. The first-order chi connectivity index (χ1) is 7.70. The van der Waals surface area contributed by atoms with Crippen molar-refractivity contribution in [3.63, 3.8) is 0 Å². The molecule has 2 heterocycles. The summed E-state index contributed by atoms with van der Waals surface area (Å²) in [5.74, 6) is 0.725. The fourth-order valence-electron chi connectivity index (χ4n) is 2.01. The number of amides is 1. The summed E-state index contributed by atoms with van der Waals surface area (Å²) in [6.07, 6.45) is 3.94. The SMILES string of the molecule is CCC1CCN(C(=O)c2ccc(Br)cn2)C1. The predicted molar refractivity (Wildman–Crippen MR) is 66.2 cm³/mol. The van der Waals surface area contributed by atoms with Crippen molar-refractivity contribution in [3.05, 3.63) is 28.5 Å². The van der Waals surface area contributed by atoms with Crippen molar-refractivity contribution in [1.29, 1.82) is 0 Å². The number of halogens is 1. The molecule has 1 aromatic rings. The lowest BCUT2D eigenvalue weighted by Crippen LogP contribution is -2.29. The molecule has 1 unspecified atom stereocenters. The van der Waals surface area contributed by atoms with E-state index < -0.39 is 0 Å². The lowest BCUT2D eigenvalue weighted by Gasteiger charge is -2.15. The minimum Gasteiger partial charge on any atom is -0.337 e. The second kappa shape index (κ2) is 4.95. The van der Waals surface area contributed by atoms with E-state index in [0.29, 0.717) is 11.6 Å². The van der Waals surface area contributed by atoms with E-state index in [9.17, 15) is 4.79 Å². The van der Waals surface area contributed by atoms with Gasteiger partial charge in [-0.25, -0.2) is 4.98 Å². The summed E-state index contributed by atoms with van der Waals surface area (Å²) in [5, 5.41) is 0. The van der Waals surface area contributed by atoms with E-state index in [0.717, 1.165) is 30.4 Å². The minimum atomic E-state index is 0.0588. The molecule has 0 N–H and O–H groups in total.